The lowest BCUT2D eigenvalue weighted by atomic mass is 9.79. The molecule has 0 amide bonds. The second kappa shape index (κ2) is 11.1. The SMILES string of the molecule is COc1ccc(-c2c(-c3ccc(S)cc3)c(N)c(C(=O)O)c(-c3ccc(C(F)(F)F)cc3)c2-c2ccccc2)cc1. The number of aromatic carboxylic acids is 1. The Bertz CT molecular complexity index is 1720. The molecular weight excluding hydrogens is 547 g/mol. The summed E-state index contributed by atoms with van der Waals surface area (Å²) in [6, 6.07) is 28.0. The molecule has 0 spiro atoms. The van der Waals surface area contributed by atoms with Crippen LogP contribution in [0.4, 0.5) is 18.9 Å². The maximum Gasteiger partial charge on any atom is 0.416 e. The van der Waals surface area contributed by atoms with Crippen LogP contribution in [0.1, 0.15) is 15.9 Å². The van der Waals surface area contributed by atoms with Gasteiger partial charge in [-0.3, -0.25) is 0 Å². The van der Waals surface area contributed by atoms with E-state index in [2.05, 4.69) is 12.6 Å². The Kier molecular flexibility index (Phi) is 7.51. The standard InChI is InChI=1S/C33H24F3NO3S/c1-40-24-15-9-21(10-16-24)27-26(19-5-3-2-4-6-19)28(20-7-13-23(14-8-20)33(34,35)36)30(32(38)39)31(37)29(27)22-11-17-25(41)18-12-22/h2-18,41H,37H2,1H3,(H,38,39). The van der Waals surface area contributed by atoms with Gasteiger partial charge in [0.2, 0.25) is 0 Å². The van der Waals surface area contributed by atoms with Crippen molar-refractivity contribution in [3.05, 3.63) is 114 Å². The average molecular weight is 572 g/mol. The smallest absolute Gasteiger partial charge is 0.416 e. The second-order valence-electron chi connectivity index (χ2n) is 9.31. The van der Waals surface area contributed by atoms with E-state index in [1.165, 1.54) is 12.1 Å². The molecule has 0 aliphatic carbocycles. The molecule has 0 aliphatic heterocycles. The molecule has 0 aromatic heterocycles. The van der Waals surface area contributed by atoms with Crippen LogP contribution in [-0.2, 0) is 6.18 Å². The van der Waals surface area contributed by atoms with Crippen LogP contribution in [0.5, 0.6) is 5.75 Å². The summed E-state index contributed by atoms with van der Waals surface area (Å²) in [5.74, 6) is -0.683. The number of benzene rings is 5. The lowest BCUT2D eigenvalue weighted by Crippen LogP contribution is -2.11. The van der Waals surface area contributed by atoms with E-state index in [0.29, 0.717) is 44.0 Å². The Morgan fingerprint density at radius 3 is 1.71 bits per heavy atom. The average Bonchev–Trinajstić information content (AvgIpc) is 2.97. The highest BCUT2D eigenvalue weighted by molar-refractivity contribution is 7.80. The molecular formula is C33H24F3NO3S. The van der Waals surface area contributed by atoms with Crippen LogP contribution < -0.4 is 10.5 Å². The van der Waals surface area contributed by atoms with Gasteiger partial charge in [-0.1, -0.05) is 66.7 Å². The molecule has 206 valence electrons. The first-order valence-electron chi connectivity index (χ1n) is 12.5. The minimum absolute atomic E-state index is 0.00943. The molecule has 0 heterocycles. The van der Waals surface area contributed by atoms with Gasteiger partial charge in [-0.05, 0) is 64.2 Å². The summed E-state index contributed by atoms with van der Waals surface area (Å²) >= 11 is 4.39. The summed E-state index contributed by atoms with van der Waals surface area (Å²) in [5, 5.41) is 10.5. The predicted molar refractivity (Wildman–Crippen MR) is 158 cm³/mol. The summed E-state index contributed by atoms with van der Waals surface area (Å²) in [4.78, 5) is 13.6. The first kappa shape index (κ1) is 27.9. The topological polar surface area (TPSA) is 72.5 Å². The number of carbonyl (C=O) groups is 1. The quantitative estimate of drug-likeness (QED) is 0.141. The van der Waals surface area contributed by atoms with Gasteiger partial charge < -0.3 is 15.6 Å². The number of nitrogen functional groups attached to an aromatic ring is 1. The molecule has 5 aromatic carbocycles. The Labute approximate surface area is 240 Å². The number of hydrogen-bond acceptors (Lipinski definition) is 4. The molecule has 8 heteroatoms. The summed E-state index contributed by atoms with van der Waals surface area (Å²) in [7, 11) is 1.55. The molecule has 0 radical (unpaired) electrons. The van der Waals surface area contributed by atoms with Crippen molar-refractivity contribution in [2.45, 2.75) is 11.1 Å². The molecule has 5 aromatic rings. The number of rotatable bonds is 6. The van der Waals surface area contributed by atoms with Crippen molar-refractivity contribution in [1.29, 1.82) is 0 Å². The molecule has 0 fully saturated rings. The van der Waals surface area contributed by atoms with Crippen molar-refractivity contribution in [2.24, 2.45) is 0 Å². The molecule has 0 atom stereocenters. The minimum atomic E-state index is -4.55. The first-order valence-corrected chi connectivity index (χ1v) is 12.9. The molecule has 4 nitrogen and oxygen atoms in total. The lowest BCUT2D eigenvalue weighted by Gasteiger charge is -2.25. The number of nitrogens with two attached hydrogens (primary N) is 1. The normalized spacial score (nSPS) is 11.3. The van der Waals surface area contributed by atoms with Gasteiger partial charge >= 0.3 is 12.1 Å². The largest absolute Gasteiger partial charge is 0.497 e. The number of anilines is 1. The predicted octanol–water partition coefficient (Wildman–Crippen LogP) is 8.95. The van der Waals surface area contributed by atoms with Crippen LogP contribution in [0, 0.1) is 0 Å². The van der Waals surface area contributed by atoms with Crippen molar-refractivity contribution in [3.63, 3.8) is 0 Å². The van der Waals surface area contributed by atoms with Crippen molar-refractivity contribution in [3.8, 4) is 50.3 Å². The van der Waals surface area contributed by atoms with Crippen molar-refractivity contribution >= 4 is 24.3 Å². The minimum Gasteiger partial charge on any atom is -0.497 e. The van der Waals surface area contributed by atoms with Crippen LogP contribution in [0.3, 0.4) is 0 Å². The maximum absolute atomic E-state index is 13.4. The van der Waals surface area contributed by atoms with Crippen LogP contribution in [0.2, 0.25) is 0 Å². The zero-order valence-corrected chi connectivity index (χ0v) is 22.6. The number of carboxylic acid groups (broad SMARTS) is 1. The highest BCUT2D eigenvalue weighted by Gasteiger charge is 2.32. The van der Waals surface area contributed by atoms with Gasteiger partial charge in [0.25, 0.3) is 0 Å². The van der Waals surface area contributed by atoms with Gasteiger partial charge in [-0.15, -0.1) is 12.6 Å². The van der Waals surface area contributed by atoms with Gasteiger partial charge in [-0.25, -0.2) is 4.79 Å². The van der Waals surface area contributed by atoms with Crippen LogP contribution in [0.25, 0.3) is 44.5 Å². The maximum atomic E-state index is 13.4. The monoisotopic (exact) mass is 571 g/mol. The van der Waals surface area contributed by atoms with E-state index in [1.807, 2.05) is 42.5 Å². The van der Waals surface area contributed by atoms with E-state index in [9.17, 15) is 23.1 Å². The van der Waals surface area contributed by atoms with E-state index in [4.69, 9.17) is 10.5 Å². The van der Waals surface area contributed by atoms with Crippen molar-refractivity contribution < 1.29 is 27.8 Å². The Hall–Kier alpha value is -4.69. The number of hydrogen-bond donors (Lipinski definition) is 3. The zero-order chi connectivity index (χ0) is 29.3. The third kappa shape index (κ3) is 5.38. The van der Waals surface area contributed by atoms with Crippen LogP contribution >= 0.6 is 12.6 Å². The third-order valence-corrected chi connectivity index (χ3v) is 7.15. The fourth-order valence-corrected chi connectivity index (χ4v) is 5.12. The fourth-order valence-electron chi connectivity index (χ4n) is 4.97. The van der Waals surface area contributed by atoms with Gasteiger partial charge in [0.1, 0.15) is 5.75 Å². The summed E-state index contributed by atoms with van der Waals surface area (Å²) in [5.41, 5.74) is 9.85. The first-order chi connectivity index (χ1) is 19.6. The highest BCUT2D eigenvalue weighted by Crippen LogP contribution is 2.51. The molecule has 0 saturated carbocycles. The molecule has 41 heavy (non-hydrogen) atoms. The summed E-state index contributed by atoms with van der Waals surface area (Å²) in [6.45, 7) is 0. The second-order valence-corrected chi connectivity index (χ2v) is 9.83. The van der Waals surface area contributed by atoms with Gasteiger partial charge in [0, 0.05) is 21.6 Å². The molecule has 5 rings (SSSR count). The third-order valence-electron chi connectivity index (χ3n) is 6.85. The number of methoxy groups -OCH3 is 1. The lowest BCUT2D eigenvalue weighted by molar-refractivity contribution is -0.137. The van der Waals surface area contributed by atoms with E-state index < -0.39 is 17.7 Å². The molecule has 3 N–H and O–H groups in total. The van der Waals surface area contributed by atoms with E-state index in [0.717, 1.165) is 12.1 Å². The number of halogens is 3. The van der Waals surface area contributed by atoms with Gasteiger partial charge in [0.15, 0.2) is 0 Å². The highest BCUT2D eigenvalue weighted by atomic mass is 32.1. The van der Waals surface area contributed by atoms with Crippen LogP contribution in [-0.4, -0.2) is 18.2 Å². The Morgan fingerprint density at radius 2 is 1.17 bits per heavy atom. The Balaban J connectivity index is 1.99. The van der Waals surface area contributed by atoms with Gasteiger partial charge in [0.05, 0.1) is 23.9 Å². The zero-order valence-electron chi connectivity index (χ0n) is 21.7. The summed E-state index contributed by atoms with van der Waals surface area (Å²) < 4.78 is 45.6. The van der Waals surface area contributed by atoms with Crippen molar-refractivity contribution in [2.75, 3.05) is 12.8 Å². The van der Waals surface area contributed by atoms with Crippen molar-refractivity contribution in [1.82, 2.24) is 0 Å². The molecule has 0 unspecified atom stereocenters. The van der Waals surface area contributed by atoms with E-state index >= 15 is 0 Å². The Morgan fingerprint density at radius 1 is 0.707 bits per heavy atom. The fraction of sp³-hybridized carbons (Fsp3) is 0.0606. The van der Waals surface area contributed by atoms with Crippen LogP contribution in [0.15, 0.2) is 108 Å². The number of carboxylic acids is 1. The molecule has 0 saturated heterocycles. The van der Waals surface area contributed by atoms with Gasteiger partial charge in [-0.2, -0.15) is 13.2 Å². The van der Waals surface area contributed by atoms with E-state index in [1.54, 1.807) is 43.5 Å². The summed E-state index contributed by atoms with van der Waals surface area (Å²) in [6.07, 6.45) is -4.55. The van der Waals surface area contributed by atoms with E-state index in [-0.39, 0.29) is 22.4 Å². The number of alkyl halides is 3. The number of ether oxygens (including phenoxy) is 1. The number of thiol groups is 1. The molecule has 0 bridgehead atoms. The molecule has 0 aliphatic rings.